The van der Waals surface area contributed by atoms with Crippen LogP contribution in [0.4, 0.5) is 0 Å². The van der Waals surface area contributed by atoms with Gasteiger partial charge in [0.25, 0.3) is 0 Å². The van der Waals surface area contributed by atoms with Crippen LogP contribution in [-0.4, -0.2) is 23.8 Å². The fraction of sp³-hybridized carbons (Fsp3) is 0.360. The third-order valence-corrected chi connectivity index (χ3v) is 5.31. The molecule has 160 valence electrons. The molecule has 2 unspecified atom stereocenters. The van der Waals surface area contributed by atoms with Gasteiger partial charge in [0.1, 0.15) is 6.61 Å². The Kier molecular flexibility index (Phi) is 8.36. The fourth-order valence-electron chi connectivity index (χ4n) is 3.68. The van der Waals surface area contributed by atoms with E-state index < -0.39 is 24.6 Å². The molecule has 5 nitrogen and oxygen atoms in total. The normalized spacial score (nSPS) is 12.8. The number of aliphatic hydroxyl groups is 1. The number of carbonyl (C=O) groups excluding carboxylic acids is 2. The van der Waals surface area contributed by atoms with Crippen LogP contribution < -0.4 is 0 Å². The molecule has 2 atom stereocenters. The van der Waals surface area contributed by atoms with Crippen LogP contribution in [0.2, 0.25) is 0 Å². The summed E-state index contributed by atoms with van der Waals surface area (Å²) < 4.78 is 10.3. The molecule has 0 aliphatic heterocycles. The third-order valence-electron chi connectivity index (χ3n) is 5.31. The number of hydrogen-bond acceptors (Lipinski definition) is 5. The number of esters is 2. The molecule has 0 aliphatic carbocycles. The van der Waals surface area contributed by atoms with Crippen LogP contribution in [0.3, 0.4) is 0 Å². The number of hydrogen-bond donors (Lipinski definition) is 1. The summed E-state index contributed by atoms with van der Waals surface area (Å²) in [7, 11) is 0. The molecule has 0 heterocycles. The quantitative estimate of drug-likeness (QED) is 0.313. The van der Waals surface area contributed by atoms with Gasteiger partial charge in [-0.2, -0.15) is 0 Å². The standard InChI is InChI=1S/C24H26O5.CH4/c1-3-17(24(27)29-15-25)12-16(2)23(26)28-14-22-20-10-6-4-8-18(20)13-19-9-5-7-11-21(19)22;/h4-11,13,16-17,25H,3,12,14-15H2,1-2H3;1H4. The third kappa shape index (κ3) is 5.16. The van der Waals surface area contributed by atoms with Gasteiger partial charge in [-0.1, -0.05) is 69.8 Å². The van der Waals surface area contributed by atoms with Gasteiger partial charge in [0.05, 0.1) is 11.8 Å². The van der Waals surface area contributed by atoms with Crippen molar-refractivity contribution < 1.29 is 24.2 Å². The fourth-order valence-corrected chi connectivity index (χ4v) is 3.68. The highest BCUT2D eigenvalue weighted by atomic mass is 16.6. The van der Waals surface area contributed by atoms with Gasteiger partial charge in [0.2, 0.25) is 0 Å². The average Bonchev–Trinajstić information content (AvgIpc) is 2.74. The van der Waals surface area contributed by atoms with Crippen LogP contribution in [0.1, 0.15) is 39.7 Å². The Labute approximate surface area is 177 Å². The minimum absolute atomic E-state index is 0. The minimum atomic E-state index is -0.650. The molecule has 0 bridgehead atoms. The van der Waals surface area contributed by atoms with E-state index in [4.69, 9.17) is 9.84 Å². The predicted molar refractivity (Wildman–Crippen MR) is 119 cm³/mol. The van der Waals surface area contributed by atoms with Gasteiger partial charge in [-0.3, -0.25) is 9.59 Å². The molecule has 3 aromatic rings. The summed E-state index contributed by atoms with van der Waals surface area (Å²) in [6.07, 6.45) is 0.856. The number of fused-ring (bicyclic) bond motifs is 2. The SMILES string of the molecule is C.CCC(CC(C)C(=O)OCc1c2ccccc2cc2ccccc12)C(=O)OCO. The highest BCUT2D eigenvalue weighted by molar-refractivity contribution is 6.02. The Hall–Kier alpha value is -2.92. The topological polar surface area (TPSA) is 72.8 Å². The molecule has 30 heavy (non-hydrogen) atoms. The molecule has 3 aromatic carbocycles. The molecule has 1 N–H and O–H groups in total. The van der Waals surface area contributed by atoms with Crippen molar-refractivity contribution in [1.82, 2.24) is 0 Å². The van der Waals surface area contributed by atoms with Gasteiger partial charge < -0.3 is 14.6 Å². The Morgan fingerprint density at radius 2 is 1.50 bits per heavy atom. The van der Waals surface area contributed by atoms with Crippen LogP contribution in [0.5, 0.6) is 0 Å². The second kappa shape index (κ2) is 10.7. The monoisotopic (exact) mass is 410 g/mol. The van der Waals surface area contributed by atoms with E-state index in [1.54, 1.807) is 6.92 Å². The second-order valence-corrected chi connectivity index (χ2v) is 7.24. The maximum absolute atomic E-state index is 12.6. The van der Waals surface area contributed by atoms with Crippen LogP contribution >= 0.6 is 0 Å². The Morgan fingerprint density at radius 1 is 0.933 bits per heavy atom. The first-order chi connectivity index (χ1) is 14.0. The van der Waals surface area contributed by atoms with E-state index in [1.807, 2.05) is 55.5 Å². The smallest absolute Gasteiger partial charge is 0.311 e. The highest BCUT2D eigenvalue weighted by Gasteiger charge is 2.25. The number of ether oxygens (including phenoxy) is 2. The molecule has 0 fully saturated rings. The lowest BCUT2D eigenvalue weighted by Gasteiger charge is -2.18. The molecule has 0 spiro atoms. The van der Waals surface area contributed by atoms with Crippen molar-refractivity contribution in [2.75, 3.05) is 6.79 Å². The first-order valence-electron chi connectivity index (χ1n) is 9.88. The molecule has 0 saturated heterocycles. The molecule has 5 heteroatoms. The van der Waals surface area contributed by atoms with Crippen molar-refractivity contribution in [1.29, 1.82) is 0 Å². The molecule has 0 amide bonds. The summed E-state index contributed by atoms with van der Waals surface area (Å²) in [6.45, 7) is 3.12. The van der Waals surface area contributed by atoms with Gasteiger partial charge in [-0.15, -0.1) is 0 Å². The summed E-state index contributed by atoms with van der Waals surface area (Å²) in [5, 5.41) is 13.1. The van der Waals surface area contributed by atoms with Crippen molar-refractivity contribution in [2.45, 2.75) is 40.7 Å². The lowest BCUT2D eigenvalue weighted by Crippen LogP contribution is -2.24. The Bertz CT molecular complexity index is 957. The van der Waals surface area contributed by atoms with Gasteiger partial charge in [0.15, 0.2) is 6.79 Å². The minimum Gasteiger partial charge on any atom is -0.461 e. The molecular weight excluding hydrogens is 380 g/mol. The van der Waals surface area contributed by atoms with E-state index in [1.165, 1.54) is 0 Å². The van der Waals surface area contributed by atoms with E-state index in [0.717, 1.165) is 27.1 Å². The lowest BCUT2D eigenvalue weighted by molar-refractivity contribution is -0.158. The molecular formula is C25H30O5. The van der Waals surface area contributed by atoms with Crippen molar-refractivity contribution in [3.05, 3.63) is 60.2 Å². The Morgan fingerprint density at radius 3 is 2.03 bits per heavy atom. The zero-order valence-electron chi connectivity index (χ0n) is 16.8. The van der Waals surface area contributed by atoms with E-state index in [2.05, 4.69) is 10.8 Å². The summed E-state index contributed by atoms with van der Waals surface area (Å²) in [5.41, 5.74) is 0.978. The van der Waals surface area contributed by atoms with Crippen molar-refractivity contribution in [2.24, 2.45) is 11.8 Å². The second-order valence-electron chi connectivity index (χ2n) is 7.24. The molecule has 0 aromatic heterocycles. The molecule has 0 radical (unpaired) electrons. The van der Waals surface area contributed by atoms with Crippen LogP contribution in [-0.2, 0) is 25.7 Å². The molecule has 0 aliphatic rings. The van der Waals surface area contributed by atoms with Crippen LogP contribution in [0.15, 0.2) is 54.6 Å². The van der Waals surface area contributed by atoms with Crippen LogP contribution in [0, 0.1) is 11.8 Å². The van der Waals surface area contributed by atoms with Gasteiger partial charge in [0, 0.05) is 5.56 Å². The van der Waals surface area contributed by atoms with E-state index in [-0.39, 0.29) is 20.0 Å². The van der Waals surface area contributed by atoms with Crippen molar-refractivity contribution in [3.8, 4) is 0 Å². The van der Waals surface area contributed by atoms with Crippen LogP contribution in [0.25, 0.3) is 21.5 Å². The van der Waals surface area contributed by atoms with E-state index in [9.17, 15) is 9.59 Å². The van der Waals surface area contributed by atoms with Gasteiger partial charge in [-0.25, -0.2) is 0 Å². The predicted octanol–water partition coefficient (Wildman–Crippen LogP) is 5.22. The van der Waals surface area contributed by atoms with Crippen molar-refractivity contribution >= 4 is 33.5 Å². The van der Waals surface area contributed by atoms with Crippen molar-refractivity contribution in [3.63, 3.8) is 0 Å². The molecule has 0 saturated carbocycles. The Balaban J connectivity index is 0.00000320. The first-order valence-corrected chi connectivity index (χ1v) is 9.88. The molecule has 3 rings (SSSR count). The number of rotatable bonds is 8. The largest absolute Gasteiger partial charge is 0.461 e. The number of benzene rings is 3. The summed E-state index contributed by atoms with van der Waals surface area (Å²) in [6, 6.07) is 18.2. The average molecular weight is 411 g/mol. The number of aliphatic hydroxyl groups excluding tert-OH is 1. The van der Waals surface area contributed by atoms with Gasteiger partial charge >= 0.3 is 11.9 Å². The first kappa shape index (κ1) is 23.4. The number of carbonyl (C=O) groups is 2. The summed E-state index contributed by atoms with van der Waals surface area (Å²) >= 11 is 0. The van der Waals surface area contributed by atoms with E-state index >= 15 is 0 Å². The zero-order valence-corrected chi connectivity index (χ0v) is 16.8. The summed E-state index contributed by atoms with van der Waals surface area (Å²) in [4.78, 5) is 24.5. The van der Waals surface area contributed by atoms with Gasteiger partial charge in [-0.05, 0) is 40.5 Å². The summed E-state index contributed by atoms with van der Waals surface area (Å²) in [5.74, 6) is -1.73. The maximum atomic E-state index is 12.6. The zero-order chi connectivity index (χ0) is 20.8. The lowest BCUT2D eigenvalue weighted by atomic mass is 9.93. The highest BCUT2D eigenvalue weighted by Crippen LogP contribution is 2.29. The maximum Gasteiger partial charge on any atom is 0.311 e. The van der Waals surface area contributed by atoms with E-state index in [0.29, 0.717) is 12.8 Å².